The highest BCUT2D eigenvalue weighted by Crippen LogP contribution is 2.01. The first-order valence-electron chi connectivity index (χ1n) is 9.43. The van der Waals surface area contributed by atoms with Crippen LogP contribution in [0.15, 0.2) is 0 Å². The minimum Gasteiger partial charge on any atom is -0.377 e. The van der Waals surface area contributed by atoms with Crippen molar-refractivity contribution < 1.29 is 33.3 Å². The Kier molecular flexibility index (Phi) is 17.0. The summed E-state index contributed by atoms with van der Waals surface area (Å²) in [7, 11) is 0. The van der Waals surface area contributed by atoms with Crippen molar-refractivity contribution in [3.05, 3.63) is 0 Å². The second-order valence-corrected chi connectivity index (χ2v) is 6.34. The number of carbonyl (C=O) groups is 2. The third-order valence-corrected chi connectivity index (χ3v) is 3.78. The van der Waals surface area contributed by atoms with E-state index < -0.39 is 0 Å². The van der Waals surface area contributed by atoms with Crippen LogP contribution in [0.3, 0.4) is 0 Å². The van der Waals surface area contributed by atoms with Gasteiger partial charge in [-0.3, -0.25) is 9.59 Å². The van der Waals surface area contributed by atoms with Gasteiger partial charge in [-0.05, 0) is 6.42 Å². The lowest BCUT2D eigenvalue weighted by atomic mass is 10.1. The standard InChI is InChI=1S/C19H36O7/c1-5-17(4)19(21)15-26-13-11-24-9-7-22-6-8-23-10-12-25-14-18(20)16(2)3/h16-17H,5-15H2,1-4H3. The molecule has 154 valence electrons. The van der Waals surface area contributed by atoms with E-state index in [1.165, 1.54) is 0 Å². The molecule has 0 aliphatic carbocycles. The van der Waals surface area contributed by atoms with Gasteiger partial charge in [0, 0.05) is 11.8 Å². The summed E-state index contributed by atoms with van der Waals surface area (Å²) in [5, 5.41) is 0. The Morgan fingerprint density at radius 2 is 0.962 bits per heavy atom. The van der Waals surface area contributed by atoms with E-state index in [9.17, 15) is 9.59 Å². The van der Waals surface area contributed by atoms with Crippen LogP contribution in [0.25, 0.3) is 0 Å². The quantitative estimate of drug-likeness (QED) is 0.319. The van der Waals surface area contributed by atoms with Crippen molar-refractivity contribution in [1.29, 1.82) is 0 Å². The maximum atomic E-state index is 11.5. The molecule has 0 heterocycles. The van der Waals surface area contributed by atoms with Gasteiger partial charge in [-0.2, -0.15) is 0 Å². The first-order valence-corrected chi connectivity index (χ1v) is 9.43. The molecule has 0 aliphatic rings. The molecule has 0 aliphatic heterocycles. The largest absolute Gasteiger partial charge is 0.377 e. The highest BCUT2D eigenvalue weighted by molar-refractivity contribution is 5.81. The van der Waals surface area contributed by atoms with Gasteiger partial charge in [0.05, 0.1) is 52.9 Å². The van der Waals surface area contributed by atoms with Gasteiger partial charge in [0.2, 0.25) is 0 Å². The molecule has 7 nitrogen and oxygen atoms in total. The molecule has 1 atom stereocenters. The molecule has 0 N–H and O–H groups in total. The van der Waals surface area contributed by atoms with Crippen LogP contribution in [0.1, 0.15) is 34.1 Å². The van der Waals surface area contributed by atoms with Crippen molar-refractivity contribution in [2.45, 2.75) is 34.1 Å². The average molecular weight is 376 g/mol. The Labute approximate surface area is 157 Å². The SMILES string of the molecule is CCC(C)C(=O)COCCOCCOCCOCCOCC(=O)C(C)C. The predicted octanol–water partition coefficient (Wildman–Crippen LogP) is 1.91. The van der Waals surface area contributed by atoms with E-state index in [0.29, 0.717) is 52.9 Å². The summed E-state index contributed by atoms with van der Waals surface area (Å²) in [5.74, 6) is 0.291. The number of ether oxygens (including phenoxy) is 5. The highest BCUT2D eigenvalue weighted by atomic mass is 16.6. The summed E-state index contributed by atoms with van der Waals surface area (Å²) in [6.45, 7) is 11.5. The van der Waals surface area contributed by atoms with Crippen LogP contribution < -0.4 is 0 Å². The molecule has 0 amide bonds. The van der Waals surface area contributed by atoms with Gasteiger partial charge in [-0.1, -0.05) is 27.7 Å². The molecule has 0 saturated carbocycles. The Bertz CT molecular complexity index is 358. The van der Waals surface area contributed by atoms with Crippen LogP contribution in [0.2, 0.25) is 0 Å². The molecular formula is C19H36O7. The van der Waals surface area contributed by atoms with E-state index in [4.69, 9.17) is 23.7 Å². The van der Waals surface area contributed by atoms with E-state index in [2.05, 4.69) is 0 Å². The average Bonchev–Trinajstić information content (AvgIpc) is 2.63. The smallest absolute Gasteiger partial charge is 0.161 e. The molecule has 0 saturated heterocycles. The van der Waals surface area contributed by atoms with Gasteiger partial charge in [0.15, 0.2) is 11.6 Å². The number of hydrogen-bond donors (Lipinski definition) is 0. The van der Waals surface area contributed by atoms with Crippen molar-refractivity contribution >= 4 is 11.6 Å². The van der Waals surface area contributed by atoms with Gasteiger partial charge in [0.25, 0.3) is 0 Å². The number of ketones is 2. The Morgan fingerprint density at radius 3 is 1.31 bits per heavy atom. The molecular weight excluding hydrogens is 340 g/mol. The van der Waals surface area contributed by atoms with Gasteiger partial charge >= 0.3 is 0 Å². The Hall–Kier alpha value is -0.860. The van der Waals surface area contributed by atoms with Crippen LogP contribution in [0, 0.1) is 11.8 Å². The summed E-state index contributed by atoms with van der Waals surface area (Å²) in [6.07, 6.45) is 0.838. The molecule has 0 radical (unpaired) electrons. The molecule has 0 spiro atoms. The van der Waals surface area contributed by atoms with Crippen molar-refractivity contribution in [1.82, 2.24) is 0 Å². The van der Waals surface area contributed by atoms with Crippen molar-refractivity contribution in [2.75, 3.05) is 66.1 Å². The van der Waals surface area contributed by atoms with Gasteiger partial charge in [0.1, 0.15) is 13.2 Å². The third kappa shape index (κ3) is 15.4. The molecule has 0 aromatic rings. The molecule has 0 aromatic heterocycles. The van der Waals surface area contributed by atoms with E-state index >= 15 is 0 Å². The van der Waals surface area contributed by atoms with Crippen LogP contribution in [0.4, 0.5) is 0 Å². The Morgan fingerprint density at radius 1 is 0.615 bits per heavy atom. The fourth-order valence-corrected chi connectivity index (χ4v) is 1.66. The van der Waals surface area contributed by atoms with Crippen LogP contribution >= 0.6 is 0 Å². The third-order valence-electron chi connectivity index (χ3n) is 3.78. The summed E-state index contributed by atoms with van der Waals surface area (Å²) in [5.41, 5.74) is 0. The summed E-state index contributed by atoms with van der Waals surface area (Å²) < 4.78 is 26.5. The molecule has 7 heteroatoms. The lowest BCUT2D eigenvalue weighted by Gasteiger charge is -2.09. The van der Waals surface area contributed by atoms with E-state index in [0.717, 1.165) is 6.42 Å². The second kappa shape index (κ2) is 17.5. The van der Waals surface area contributed by atoms with E-state index in [-0.39, 0.29) is 36.6 Å². The van der Waals surface area contributed by atoms with Crippen LogP contribution in [-0.2, 0) is 33.3 Å². The number of hydrogen-bond acceptors (Lipinski definition) is 7. The minimum atomic E-state index is 0.00495. The fourth-order valence-electron chi connectivity index (χ4n) is 1.66. The highest BCUT2D eigenvalue weighted by Gasteiger charge is 2.09. The lowest BCUT2D eigenvalue weighted by molar-refractivity contribution is -0.128. The monoisotopic (exact) mass is 376 g/mol. The summed E-state index contributed by atoms with van der Waals surface area (Å²) in [6, 6.07) is 0. The molecule has 0 fully saturated rings. The summed E-state index contributed by atoms with van der Waals surface area (Å²) >= 11 is 0. The number of rotatable bonds is 19. The van der Waals surface area contributed by atoms with E-state index in [1.807, 2.05) is 27.7 Å². The first-order chi connectivity index (χ1) is 12.5. The molecule has 0 rings (SSSR count). The normalized spacial score (nSPS) is 12.5. The zero-order valence-electron chi connectivity index (χ0n) is 16.8. The van der Waals surface area contributed by atoms with Crippen molar-refractivity contribution in [3.8, 4) is 0 Å². The zero-order valence-corrected chi connectivity index (χ0v) is 16.8. The van der Waals surface area contributed by atoms with E-state index in [1.54, 1.807) is 0 Å². The van der Waals surface area contributed by atoms with Gasteiger partial charge in [-0.25, -0.2) is 0 Å². The lowest BCUT2D eigenvalue weighted by Crippen LogP contribution is -2.19. The molecule has 26 heavy (non-hydrogen) atoms. The zero-order chi connectivity index (χ0) is 19.6. The molecule has 0 bridgehead atoms. The van der Waals surface area contributed by atoms with Gasteiger partial charge in [-0.15, -0.1) is 0 Å². The maximum Gasteiger partial charge on any atom is 0.161 e. The summed E-state index contributed by atoms with van der Waals surface area (Å²) in [4.78, 5) is 22.8. The van der Waals surface area contributed by atoms with Crippen molar-refractivity contribution in [3.63, 3.8) is 0 Å². The Balaban J connectivity index is 3.18. The second-order valence-electron chi connectivity index (χ2n) is 6.34. The number of carbonyl (C=O) groups excluding carboxylic acids is 2. The van der Waals surface area contributed by atoms with Crippen LogP contribution in [-0.4, -0.2) is 77.6 Å². The minimum absolute atomic E-state index is 0.00495. The van der Waals surface area contributed by atoms with Crippen molar-refractivity contribution in [2.24, 2.45) is 11.8 Å². The molecule has 1 unspecified atom stereocenters. The van der Waals surface area contributed by atoms with Gasteiger partial charge < -0.3 is 23.7 Å². The predicted molar refractivity (Wildman–Crippen MR) is 98.4 cm³/mol. The topological polar surface area (TPSA) is 80.3 Å². The van der Waals surface area contributed by atoms with Crippen LogP contribution in [0.5, 0.6) is 0 Å². The first kappa shape index (κ1) is 25.1. The maximum absolute atomic E-state index is 11.5. The molecule has 0 aromatic carbocycles. The number of Topliss-reactive ketones (excluding diaryl/α,β-unsaturated/α-hetero) is 2. The fraction of sp³-hybridized carbons (Fsp3) is 0.895.